The van der Waals surface area contributed by atoms with Gasteiger partial charge in [0.15, 0.2) is 0 Å². The van der Waals surface area contributed by atoms with Gasteiger partial charge >= 0.3 is 0 Å². The lowest BCUT2D eigenvalue weighted by atomic mass is 10.1. The minimum atomic E-state index is -0.301. The summed E-state index contributed by atoms with van der Waals surface area (Å²) in [5.74, 6) is 2.48. The maximum Gasteiger partial charge on any atom is 0.255 e. The summed E-state index contributed by atoms with van der Waals surface area (Å²) >= 11 is 0. The number of aromatic nitrogens is 2. The standard InChI is InChI=1S/C14H11N3O2/c1-3-10-5-4-6-11(7-10)13(18)17-12-8-15-9-16-14(12)19-2/h1,4-9H,2H3,(H,17,18). The Morgan fingerprint density at radius 2 is 2.32 bits per heavy atom. The summed E-state index contributed by atoms with van der Waals surface area (Å²) in [5.41, 5.74) is 1.51. The molecule has 0 aliphatic heterocycles. The van der Waals surface area contributed by atoms with Crippen LogP contribution in [0.15, 0.2) is 36.8 Å². The smallest absolute Gasteiger partial charge is 0.255 e. The molecule has 0 saturated carbocycles. The van der Waals surface area contributed by atoms with E-state index in [0.29, 0.717) is 22.7 Å². The molecule has 0 bridgehead atoms. The molecule has 19 heavy (non-hydrogen) atoms. The molecule has 0 fully saturated rings. The Morgan fingerprint density at radius 3 is 3.05 bits per heavy atom. The highest BCUT2D eigenvalue weighted by molar-refractivity contribution is 6.04. The summed E-state index contributed by atoms with van der Waals surface area (Å²) in [6.45, 7) is 0. The minimum absolute atomic E-state index is 0.301. The maximum absolute atomic E-state index is 12.1. The van der Waals surface area contributed by atoms with E-state index in [1.807, 2.05) is 0 Å². The summed E-state index contributed by atoms with van der Waals surface area (Å²) < 4.78 is 5.03. The maximum atomic E-state index is 12.1. The van der Waals surface area contributed by atoms with Gasteiger partial charge in [-0.1, -0.05) is 12.0 Å². The molecule has 1 N–H and O–H groups in total. The lowest BCUT2D eigenvalue weighted by molar-refractivity contribution is 0.102. The summed E-state index contributed by atoms with van der Waals surface area (Å²) in [7, 11) is 1.47. The van der Waals surface area contributed by atoms with E-state index in [2.05, 4.69) is 21.2 Å². The highest BCUT2D eigenvalue weighted by Crippen LogP contribution is 2.19. The van der Waals surface area contributed by atoms with Crippen LogP contribution in [0.25, 0.3) is 0 Å². The number of amides is 1. The summed E-state index contributed by atoms with van der Waals surface area (Å²) in [5, 5.41) is 2.67. The van der Waals surface area contributed by atoms with Crippen molar-refractivity contribution < 1.29 is 9.53 Å². The van der Waals surface area contributed by atoms with Gasteiger partial charge in [-0.3, -0.25) is 4.79 Å². The number of benzene rings is 1. The Bertz CT molecular complexity index is 647. The third-order valence-corrected chi connectivity index (χ3v) is 2.41. The first-order valence-electron chi connectivity index (χ1n) is 5.46. The third-order valence-electron chi connectivity index (χ3n) is 2.41. The van der Waals surface area contributed by atoms with Crippen molar-refractivity contribution in [2.24, 2.45) is 0 Å². The van der Waals surface area contributed by atoms with Gasteiger partial charge in [-0.2, -0.15) is 4.98 Å². The molecular formula is C14H11N3O2. The van der Waals surface area contributed by atoms with Crippen LogP contribution >= 0.6 is 0 Å². The zero-order valence-electron chi connectivity index (χ0n) is 10.3. The van der Waals surface area contributed by atoms with Gasteiger partial charge in [-0.25, -0.2) is 4.98 Å². The molecule has 0 aliphatic carbocycles. The fourth-order valence-corrected chi connectivity index (χ4v) is 1.51. The molecule has 0 unspecified atom stereocenters. The highest BCUT2D eigenvalue weighted by atomic mass is 16.5. The SMILES string of the molecule is C#Cc1cccc(C(=O)Nc2cncnc2OC)c1. The number of rotatable bonds is 3. The Morgan fingerprint density at radius 1 is 1.47 bits per heavy atom. The van der Waals surface area contributed by atoms with Crippen molar-refractivity contribution >= 4 is 11.6 Å². The van der Waals surface area contributed by atoms with Gasteiger partial charge in [-0.05, 0) is 18.2 Å². The van der Waals surface area contributed by atoms with Gasteiger partial charge in [0.2, 0.25) is 5.88 Å². The van der Waals surface area contributed by atoms with Crippen LogP contribution in [-0.2, 0) is 0 Å². The van der Waals surface area contributed by atoms with Gasteiger partial charge in [0.25, 0.3) is 5.91 Å². The Kier molecular flexibility index (Phi) is 3.74. The van der Waals surface area contributed by atoms with Crippen LogP contribution in [0.3, 0.4) is 0 Å². The molecule has 0 spiro atoms. The van der Waals surface area contributed by atoms with Gasteiger partial charge < -0.3 is 10.1 Å². The van der Waals surface area contributed by atoms with Gasteiger partial charge in [0, 0.05) is 11.1 Å². The number of hydrogen-bond acceptors (Lipinski definition) is 4. The second-order valence-corrected chi connectivity index (χ2v) is 3.62. The van der Waals surface area contributed by atoms with Crippen molar-refractivity contribution in [3.8, 4) is 18.2 Å². The molecule has 0 atom stereocenters. The molecule has 1 heterocycles. The second kappa shape index (κ2) is 5.65. The largest absolute Gasteiger partial charge is 0.479 e. The normalized spacial score (nSPS) is 9.47. The second-order valence-electron chi connectivity index (χ2n) is 3.62. The summed E-state index contributed by atoms with van der Waals surface area (Å²) in [6, 6.07) is 6.78. The molecule has 1 aromatic carbocycles. The fourth-order valence-electron chi connectivity index (χ4n) is 1.51. The molecule has 0 aliphatic rings. The van der Waals surface area contributed by atoms with E-state index in [1.165, 1.54) is 19.6 Å². The van der Waals surface area contributed by atoms with E-state index < -0.39 is 0 Å². The Labute approximate surface area is 110 Å². The monoisotopic (exact) mass is 253 g/mol. The van der Waals surface area contributed by atoms with Gasteiger partial charge in [-0.15, -0.1) is 6.42 Å². The van der Waals surface area contributed by atoms with E-state index in [1.54, 1.807) is 24.3 Å². The van der Waals surface area contributed by atoms with Crippen LogP contribution in [0, 0.1) is 12.3 Å². The zero-order valence-corrected chi connectivity index (χ0v) is 10.3. The van der Waals surface area contributed by atoms with Gasteiger partial charge in [0.05, 0.1) is 13.3 Å². The van der Waals surface area contributed by atoms with Crippen molar-refractivity contribution in [1.29, 1.82) is 0 Å². The van der Waals surface area contributed by atoms with E-state index in [9.17, 15) is 4.79 Å². The molecular weight excluding hydrogens is 242 g/mol. The van der Waals surface area contributed by atoms with Crippen molar-refractivity contribution in [2.45, 2.75) is 0 Å². The van der Waals surface area contributed by atoms with Gasteiger partial charge in [0.1, 0.15) is 12.0 Å². The lowest BCUT2D eigenvalue weighted by Gasteiger charge is -2.08. The first kappa shape index (κ1) is 12.6. The number of anilines is 1. The van der Waals surface area contributed by atoms with Crippen LogP contribution in [-0.4, -0.2) is 23.0 Å². The quantitative estimate of drug-likeness (QED) is 0.846. The minimum Gasteiger partial charge on any atom is -0.479 e. The van der Waals surface area contributed by atoms with Crippen LogP contribution in [0.5, 0.6) is 5.88 Å². The van der Waals surface area contributed by atoms with Crippen LogP contribution in [0.4, 0.5) is 5.69 Å². The number of nitrogens with one attached hydrogen (secondary N) is 1. The predicted octanol–water partition coefficient (Wildman–Crippen LogP) is 1.72. The first-order chi connectivity index (χ1) is 9.24. The van der Waals surface area contributed by atoms with Crippen molar-refractivity contribution in [3.05, 3.63) is 47.9 Å². The molecule has 1 aromatic heterocycles. The molecule has 94 valence electrons. The van der Waals surface area contributed by atoms with Crippen LogP contribution < -0.4 is 10.1 Å². The fraction of sp³-hybridized carbons (Fsp3) is 0.0714. The van der Waals surface area contributed by atoms with E-state index >= 15 is 0 Å². The van der Waals surface area contributed by atoms with Crippen molar-refractivity contribution in [3.63, 3.8) is 0 Å². The van der Waals surface area contributed by atoms with Crippen molar-refractivity contribution in [2.75, 3.05) is 12.4 Å². The van der Waals surface area contributed by atoms with Crippen molar-refractivity contribution in [1.82, 2.24) is 9.97 Å². The molecule has 2 rings (SSSR count). The average molecular weight is 253 g/mol. The molecule has 5 heteroatoms. The van der Waals surface area contributed by atoms with E-state index in [4.69, 9.17) is 11.2 Å². The molecule has 0 radical (unpaired) electrons. The topological polar surface area (TPSA) is 64.1 Å². The Hall–Kier alpha value is -2.87. The molecule has 2 aromatic rings. The average Bonchev–Trinajstić information content (AvgIpc) is 2.47. The predicted molar refractivity (Wildman–Crippen MR) is 70.9 cm³/mol. The third kappa shape index (κ3) is 2.87. The molecule has 0 saturated heterocycles. The number of carbonyl (C=O) groups excluding carboxylic acids is 1. The number of methoxy groups -OCH3 is 1. The number of nitrogens with zero attached hydrogens (tertiary/aromatic N) is 2. The molecule has 1 amide bonds. The summed E-state index contributed by atoms with van der Waals surface area (Å²) in [6.07, 6.45) is 8.10. The van der Waals surface area contributed by atoms with Crippen LogP contribution in [0.1, 0.15) is 15.9 Å². The van der Waals surface area contributed by atoms with E-state index in [0.717, 1.165) is 0 Å². The molecule has 5 nitrogen and oxygen atoms in total. The van der Waals surface area contributed by atoms with E-state index in [-0.39, 0.29) is 5.91 Å². The number of hydrogen-bond donors (Lipinski definition) is 1. The lowest BCUT2D eigenvalue weighted by Crippen LogP contribution is -2.13. The Balaban J connectivity index is 2.23. The zero-order chi connectivity index (χ0) is 13.7. The first-order valence-corrected chi connectivity index (χ1v) is 5.46. The van der Waals surface area contributed by atoms with Crippen LogP contribution in [0.2, 0.25) is 0 Å². The number of carbonyl (C=O) groups is 1. The summed E-state index contributed by atoms with van der Waals surface area (Å²) in [4.78, 5) is 19.8. The highest BCUT2D eigenvalue weighted by Gasteiger charge is 2.10. The number of terminal acetylenes is 1. The number of ether oxygens (including phenoxy) is 1.